The van der Waals surface area contributed by atoms with Crippen molar-refractivity contribution in [2.45, 2.75) is 32.7 Å². The van der Waals surface area contributed by atoms with E-state index in [1.54, 1.807) is 17.0 Å². The molecule has 0 bridgehead atoms. The van der Waals surface area contributed by atoms with E-state index in [4.69, 9.17) is 5.73 Å². The molecule has 20 heavy (non-hydrogen) atoms. The number of nitrogens with two attached hydrogens (primary N) is 1. The SMILES string of the molecule is CCc1cc(C(=O)N2CCNC(=O)C2CC)cc(N)n1. The lowest BCUT2D eigenvalue weighted by Crippen LogP contribution is -2.56. The first-order valence-corrected chi connectivity index (χ1v) is 6.92. The second kappa shape index (κ2) is 5.90. The molecule has 1 fully saturated rings. The molecule has 6 nitrogen and oxygen atoms in total. The summed E-state index contributed by atoms with van der Waals surface area (Å²) in [6.45, 7) is 4.86. The maximum absolute atomic E-state index is 12.6. The molecule has 108 valence electrons. The van der Waals surface area contributed by atoms with Crippen LogP contribution in [0.5, 0.6) is 0 Å². The van der Waals surface area contributed by atoms with E-state index in [2.05, 4.69) is 10.3 Å². The Morgan fingerprint density at radius 1 is 1.50 bits per heavy atom. The molecule has 1 unspecified atom stereocenters. The van der Waals surface area contributed by atoms with Gasteiger partial charge in [0.25, 0.3) is 5.91 Å². The van der Waals surface area contributed by atoms with Crippen LogP contribution in [0.3, 0.4) is 0 Å². The maximum atomic E-state index is 12.6. The summed E-state index contributed by atoms with van der Waals surface area (Å²) in [6, 6.07) is 2.91. The first kappa shape index (κ1) is 14.3. The minimum Gasteiger partial charge on any atom is -0.384 e. The second-order valence-corrected chi connectivity index (χ2v) is 4.84. The van der Waals surface area contributed by atoms with Gasteiger partial charge < -0.3 is 16.0 Å². The maximum Gasteiger partial charge on any atom is 0.254 e. The molecule has 0 saturated carbocycles. The highest BCUT2D eigenvalue weighted by Gasteiger charge is 2.32. The number of hydrogen-bond acceptors (Lipinski definition) is 4. The van der Waals surface area contributed by atoms with Gasteiger partial charge in [0.15, 0.2) is 0 Å². The van der Waals surface area contributed by atoms with Gasteiger partial charge in [-0.2, -0.15) is 0 Å². The number of nitrogen functional groups attached to an aromatic ring is 1. The van der Waals surface area contributed by atoms with E-state index < -0.39 is 6.04 Å². The molecule has 6 heteroatoms. The van der Waals surface area contributed by atoms with Crippen LogP contribution in [0.4, 0.5) is 5.82 Å². The van der Waals surface area contributed by atoms with E-state index in [-0.39, 0.29) is 11.8 Å². The van der Waals surface area contributed by atoms with E-state index in [1.165, 1.54) is 0 Å². The number of amides is 2. The van der Waals surface area contributed by atoms with Crippen molar-refractivity contribution >= 4 is 17.6 Å². The number of anilines is 1. The zero-order valence-corrected chi connectivity index (χ0v) is 11.8. The fourth-order valence-electron chi connectivity index (χ4n) is 2.44. The highest BCUT2D eigenvalue weighted by Crippen LogP contribution is 2.16. The number of piperazine rings is 1. The van der Waals surface area contributed by atoms with Crippen molar-refractivity contribution in [2.24, 2.45) is 0 Å². The van der Waals surface area contributed by atoms with E-state index in [0.717, 1.165) is 5.69 Å². The van der Waals surface area contributed by atoms with Crippen LogP contribution in [0.25, 0.3) is 0 Å². The van der Waals surface area contributed by atoms with Crippen LogP contribution < -0.4 is 11.1 Å². The summed E-state index contributed by atoms with van der Waals surface area (Å²) in [5, 5.41) is 2.78. The number of pyridine rings is 1. The summed E-state index contributed by atoms with van der Waals surface area (Å²) in [5.41, 5.74) is 7.02. The molecule has 0 spiro atoms. The van der Waals surface area contributed by atoms with Crippen LogP contribution in [0.2, 0.25) is 0 Å². The van der Waals surface area contributed by atoms with Gasteiger partial charge in [0, 0.05) is 24.3 Å². The quantitative estimate of drug-likeness (QED) is 0.845. The molecule has 1 saturated heterocycles. The van der Waals surface area contributed by atoms with Gasteiger partial charge in [0.1, 0.15) is 11.9 Å². The molecule has 0 aliphatic carbocycles. The number of aromatic nitrogens is 1. The first-order valence-electron chi connectivity index (χ1n) is 6.92. The molecule has 1 atom stereocenters. The van der Waals surface area contributed by atoms with Crippen molar-refractivity contribution in [2.75, 3.05) is 18.8 Å². The van der Waals surface area contributed by atoms with Gasteiger partial charge in [-0.05, 0) is 25.0 Å². The molecule has 0 radical (unpaired) electrons. The Bertz CT molecular complexity index is 530. The molecule has 2 heterocycles. The molecule has 2 amide bonds. The first-order chi connectivity index (χ1) is 9.56. The Morgan fingerprint density at radius 3 is 2.90 bits per heavy atom. The topological polar surface area (TPSA) is 88.3 Å². The zero-order chi connectivity index (χ0) is 14.7. The largest absolute Gasteiger partial charge is 0.384 e. The third-order valence-electron chi connectivity index (χ3n) is 3.49. The minimum atomic E-state index is -0.407. The van der Waals surface area contributed by atoms with E-state index in [1.807, 2.05) is 13.8 Å². The molecule has 2 rings (SSSR count). The molecule has 3 N–H and O–H groups in total. The van der Waals surface area contributed by atoms with Crippen LogP contribution in [0.1, 0.15) is 36.3 Å². The highest BCUT2D eigenvalue weighted by molar-refractivity contribution is 5.98. The standard InChI is InChI=1S/C14H20N4O2/c1-3-10-7-9(8-12(15)17-10)14(20)18-6-5-16-13(19)11(18)4-2/h7-8,11H,3-6H2,1-2H3,(H2,15,17)(H,16,19). The van der Waals surface area contributed by atoms with E-state index >= 15 is 0 Å². The van der Waals surface area contributed by atoms with E-state index in [0.29, 0.717) is 37.3 Å². The Balaban J connectivity index is 2.30. The average Bonchev–Trinajstić information content (AvgIpc) is 2.45. The monoisotopic (exact) mass is 276 g/mol. The number of hydrogen-bond donors (Lipinski definition) is 2. The Hall–Kier alpha value is -2.11. The molecular weight excluding hydrogens is 256 g/mol. The Labute approximate surface area is 118 Å². The number of carbonyl (C=O) groups is 2. The van der Waals surface area contributed by atoms with Gasteiger partial charge in [0.2, 0.25) is 5.91 Å². The van der Waals surface area contributed by atoms with Crippen molar-refractivity contribution in [1.29, 1.82) is 0 Å². The molecule has 1 aliphatic heterocycles. The van der Waals surface area contributed by atoms with Gasteiger partial charge in [-0.1, -0.05) is 13.8 Å². The van der Waals surface area contributed by atoms with Crippen LogP contribution >= 0.6 is 0 Å². The predicted molar refractivity (Wildman–Crippen MR) is 76.2 cm³/mol. The summed E-state index contributed by atoms with van der Waals surface area (Å²) in [4.78, 5) is 30.2. The van der Waals surface area contributed by atoms with Gasteiger partial charge in [-0.15, -0.1) is 0 Å². The summed E-state index contributed by atoms with van der Waals surface area (Å²) in [6.07, 6.45) is 1.31. The fraction of sp³-hybridized carbons (Fsp3) is 0.500. The lowest BCUT2D eigenvalue weighted by molar-refractivity contribution is -0.127. The second-order valence-electron chi connectivity index (χ2n) is 4.84. The molecule has 1 aromatic heterocycles. The molecule has 1 aromatic rings. The number of aryl methyl sites for hydroxylation is 1. The van der Waals surface area contributed by atoms with Crippen molar-refractivity contribution < 1.29 is 9.59 Å². The van der Waals surface area contributed by atoms with Gasteiger partial charge in [0.05, 0.1) is 0 Å². The van der Waals surface area contributed by atoms with E-state index in [9.17, 15) is 9.59 Å². The van der Waals surface area contributed by atoms with Gasteiger partial charge in [-0.25, -0.2) is 4.98 Å². The molecule has 0 aromatic carbocycles. The number of carbonyl (C=O) groups excluding carboxylic acids is 2. The summed E-state index contributed by atoms with van der Waals surface area (Å²) >= 11 is 0. The van der Waals surface area contributed by atoms with Gasteiger partial charge in [-0.3, -0.25) is 9.59 Å². The molecule has 1 aliphatic rings. The third kappa shape index (κ3) is 2.74. The number of rotatable bonds is 3. The summed E-state index contributed by atoms with van der Waals surface area (Å²) in [7, 11) is 0. The summed E-state index contributed by atoms with van der Waals surface area (Å²) < 4.78 is 0. The van der Waals surface area contributed by atoms with Crippen LogP contribution in [-0.2, 0) is 11.2 Å². The van der Waals surface area contributed by atoms with Crippen molar-refractivity contribution in [1.82, 2.24) is 15.2 Å². The number of nitrogens with one attached hydrogen (secondary N) is 1. The van der Waals surface area contributed by atoms with Crippen molar-refractivity contribution in [3.63, 3.8) is 0 Å². The smallest absolute Gasteiger partial charge is 0.254 e. The average molecular weight is 276 g/mol. The Kier molecular flexibility index (Phi) is 4.22. The molecular formula is C14H20N4O2. The Morgan fingerprint density at radius 2 is 2.25 bits per heavy atom. The minimum absolute atomic E-state index is 0.0927. The van der Waals surface area contributed by atoms with Crippen LogP contribution in [-0.4, -0.2) is 40.8 Å². The fourth-order valence-corrected chi connectivity index (χ4v) is 2.44. The van der Waals surface area contributed by atoms with Crippen LogP contribution in [0, 0.1) is 0 Å². The van der Waals surface area contributed by atoms with Crippen molar-refractivity contribution in [3.8, 4) is 0 Å². The lowest BCUT2D eigenvalue weighted by Gasteiger charge is -2.34. The number of nitrogens with zero attached hydrogens (tertiary/aromatic N) is 2. The van der Waals surface area contributed by atoms with Gasteiger partial charge >= 0.3 is 0 Å². The lowest BCUT2D eigenvalue weighted by atomic mass is 10.1. The zero-order valence-electron chi connectivity index (χ0n) is 11.8. The summed E-state index contributed by atoms with van der Waals surface area (Å²) in [5.74, 6) is 0.0857. The predicted octanol–water partition coefficient (Wildman–Crippen LogP) is 0.577. The van der Waals surface area contributed by atoms with Crippen molar-refractivity contribution in [3.05, 3.63) is 23.4 Å². The normalized spacial score (nSPS) is 18.8. The third-order valence-corrected chi connectivity index (χ3v) is 3.49. The highest BCUT2D eigenvalue weighted by atomic mass is 16.2. The van der Waals surface area contributed by atoms with Crippen LogP contribution in [0.15, 0.2) is 12.1 Å².